The van der Waals surface area contributed by atoms with E-state index in [-0.39, 0.29) is 65.4 Å². The normalized spacial score (nSPS) is 14.1. The minimum Gasteiger partial charge on any atom is -0.493 e. The van der Waals surface area contributed by atoms with Crippen LogP contribution in [-0.4, -0.2) is 69.7 Å². The number of fused-ring (bicyclic) bond motifs is 1. The van der Waals surface area contributed by atoms with Crippen LogP contribution in [0.3, 0.4) is 0 Å². The number of esters is 3. The number of nitrogens with zero attached hydrogens (tertiary/aromatic N) is 2. The van der Waals surface area contributed by atoms with Gasteiger partial charge in [0, 0.05) is 0 Å². The monoisotopic (exact) mass is 702 g/mol. The zero-order chi connectivity index (χ0) is 35.0. The molecule has 3 aromatic rings. The number of carbonyl (C=O) groups is 3. The first-order chi connectivity index (χ1) is 23.1. The highest BCUT2D eigenvalue weighted by Crippen LogP contribution is 2.38. The molecular formula is C33H35ClN2O11S. The van der Waals surface area contributed by atoms with E-state index < -0.39 is 29.5 Å². The largest absolute Gasteiger partial charge is 0.493 e. The summed E-state index contributed by atoms with van der Waals surface area (Å²) < 4.78 is 39.1. The Labute approximate surface area is 284 Å². The molecule has 0 bridgehead atoms. The summed E-state index contributed by atoms with van der Waals surface area (Å²) >= 11 is 7.63. The molecule has 1 aliphatic heterocycles. The molecule has 0 N–H and O–H groups in total. The molecular weight excluding hydrogens is 668 g/mol. The summed E-state index contributed by atoms with van der Waals surface area (Å²) in [5.74, 6) is -0.814. The van der Waals surface area contributed by atoms with Crippen molar-refractivity contribution >= 4 is 46.9 Å². The summed E-state index contributed by atoms with van der Waals surface area (Å²) in [6.45, 7) is 6.71. The van der Waals surface area contributed by atoms with Crippen LogP contribution in [0.4, 0.5) is 0 Å². The highest BCUT2D eigenvalue weighted by Gasteiger charge is 2.34. The third-order valence-corrected chi connectivity index (χ3v) is 8.13. The maximum absolute atomic E-state index is 14.1. The number of aromatic nitrogens is 1. The topological polar surface area (TPSA) is 150 Å². The van der Waals surface area contributed by atoms with Crippen LogP contribution in [0.25, 0.3) is 6.08 Å². The van der Waals surface area contributed by atoms with Gasteiger partial charge in [0.05, 0.1) is 60.9 Å². The van der Waals surface area contributed by atoms with E-state index in [1.54, 1.807) is 64.1 Å². The molecule has 0 radical (unpaired) electrons. The molecule has 0 spiro atoms. The number of ether oxygens (including phenoxy) is 7. The molecule has 256 valence electrons. The number of halogens is 1. The fraction of sp³-hybridized carbons (Fsp3) is 0.364. The van der Waals surface area contributed by atoms with Crippen LogP contribution in [0.15, 0.2) is 51.4 Å². The van der Waals surface area contributed by atoms with Gasteiger partial charge in [0.25, 0.3) is 5.56 Å². The Hall–Kier alpha value is -4.82. The number of rotatable bonds is 14. The Morgan fingerprint density at radius 2 is 1.65 bits per heavy atom. The van der Waals surface area contributed by atoms with Crippen molar-refractivity contribution in [3.8, 4) is 23.0 Å². The molecule has 13 nitrogen and oxygen atoms in total. The lowest BCUT2D eigenvalue weighted by Gasteiger charge is -2.25. The van der Waals surface area contributed by atoms with Crippen LogP contribution in [-0.2, 0) is 28.6 Å². The summed E-state index contributed by atoms with van der Waals surface area (Å²) in [5, 5.41) is 0.147. The third kappa shape index (κ3) is 8.00. The Morgan fingerprint density at radius 3 is 2.31 bits per heavy atom. The molecule has 1 aliphatic rings. The van der Waals surface area contributed by atoms with Crippen molar-refractivity contribution in [2.75, 3.05) is 47.3 Å². The Bertz CT molecular complexity index is 1910. The van der Waals surface area contributed by atoms with Gasteiger partial charge in [-0.1, -0.05) is 29.0 Å². The second kappa shape index (κ2) is 16.3. The van der Waals surface area contributed by atoms with E-state index in [0.29, 0.717) is 27.4 Å². The van der Waals surface area contributed by atoms with E-state index in [0.717, 1.165) is 11.3 Å². The lowest BCUT2D eigenvalue weighted by atomic mass is 9.95. The van der Waals surface area contributed by atoms with E-state index >= 15 is 0 Å². The van der Waals surface area contributed by atoms with E-state index in [9.17, 15) is 19.2 Å². The molecule has 1 atom stereocenters. The molecule has 1 aromatic heterocycles. The summed E-state index contributed by atoms with van der Waals surface area (Å²) in [6, 6.07) is 7.16. The van der Waals surface area contributed by atoms with Crippen molar-refractivity contribution in [2.24, 2.45) is 4.99 Å². The first-order valence-electron chi connectivity index (χ1n) is 14.9. The zero-order valence-electron chi connectivity index (χ0n) is 27.2. The second-order valence-corrected chi connectivity index (χ2v) is 11.4. The van der Waals surface area contributed by atoms with Gasteiger partial charge in [-0.3, -0.25) is 9.36 Å². The van der Waals surface area contributed by atoms with E-state index in [1.807, 2.05) is 0 Å². The lowest BCUT2D eigenvalue weighted by molar-refractivity contribution is -0.145. The predicted molar refractivity (Wildman–Crippen MR) is 176 cm³/mol. The van der Waals surface area contributed by atoms with Crippen molar-refractivity contribution in [3.05, 3.63) is 77.4 Å². The lowest BCUT2D eigenvalue weighted by Crippen LogP contribution is -2.40. The van der Waals surface area contributed by atoms with Gasteiger partial charge in [-0.2, -0.15) is 0 Å². The average Bonchev–Trinajstić information content (AvgIpc) is 3.36. The smallest absolute Gasteiger partial charge is 0.344 e. The molecule has 0 saturated heterocycles. The number of methoxy groups -OCH3 is 2. The molecule has 0 amide bonds. The number of hydrogen-bond acceptors (Lipinski definition) is 13. The number of benzene rings is 2. The number of thiazole rings is 1. The molecule has 48 heavy (non-hydrogen) atoms. The first-order valence-corrected chi connectivity index (χ1v) is 16.1. The van der Waals surface area contributed by atoms with Gasteiger partial charge in [0.15, 0.2) is 41.0 Å². The fourth-order valence-electron chi connectivity index (χ4n) is 4.83. The van der Waals surface area contributed by atoms with Gasteiger partial charge >= 0.3 is 17.9 Å². The number of allylic oxidation sites excluding steroid dienone is 1. The summed E-state index contributed by atoms with van der Waals surface area (Å²) in [6.07, 6.45) is 1.61. The molecule has 2 heterocycles. The number of carbonyl (C=O) groups excluding carboxylic acids is 3. The van der Waals surface area contributed by atoms with Crippen LogP contribution in [0.1, 0.15) is 44.9 Å². The summed E-state index contributed by atoms with van der Waals surface area (Å²) in [4.78, 5) is 55.9. The van der Waals surface area contributed by atoms with Gasteiger partial charge in [-0.25, -0.2) is 19.4 Å². The van der Waals surface area contributed by atoms with Crippen LogP contribution in [0, 0.1) is 0 Å². The predicted octanol–water partition coefficient (Wildman–Crippen LogP) is 3.35. The minimum absolute atomic E-state index is 0.110. The van der Waals surface area contributed by atoms with Gasteiger partial charge in [-0.05, 0) is 69.2 Å². The maximum atomic E-state index is 14.1. The van der Waals surface area contributed by atoms with Crippen LogP contribution >= 0.6 is 22.9 Å². The second-order valence-electron chi connectivity index (χ2n) is 9.93. The quantitative estimate of drug-likeness (QED) is 0.180. The van der Waals surface area contributed by atoms with Gasteiger partial charge in [0.2, 0.25) is 0 Å². The fourth-order valence-corrected chi connectivity index (χ4v) is 6.15. The summed E-state index contributed by atoms with van der Waals surface area (Å²) in [5.41, 5.74) is 1.15. The SMILES string of the molecule is CCOC(=O)COc1c(Cl)cc(/C=c2\sc3n(c2=O)[C@@H](c2ccc(OCC(=O)OC)c(OCC)c2)C(C(=O)OCC)=C(C)N=3)cc1OC. The van der Waals surface area contributed by atoms with Crippen molar-refractivity contribution in [2.45, 2.75) is 33.7 Å². The first kappa shape index (κ1) is 36.0. The van der Waals surface area contributed by atoms with Crippen LogP contribution < -0.4 is 33.8 Å². The standard InChI is InChI=1S/C33H35ClN2O11S/c1-7-43-23-15-20(10-11-22(23)46-16-26(37)42-6)29-28(32(40)45-9-3)18(4)35-33-36(29)31(39)25(48-33)14-19-12-21(34)30(24(13-19)41-5)47-17-27(38)44-8-2/h10-15,29H,7-9,16-17H2,1-6H3/b25-14-/t29-/m0/s1. The highest BCUT2D eigenvalue weighted by atomic mass is 35.5. The zero-order valence-corrected chi connectivity index (χ0v) is 28.8. The van der Waals surface area contributed by atoms with Crippen molar-refractivity contribution in [3.63, 3.8) is 0 Å². The van der Waals surface area contributed by atoms with Gasteiger partial charge < -0.3 is 33.2 Å². The molecule has 0 saturated carbocycles. The highest BCUT2D eigenvalue weighted by molar-refractivity contribution is 7.07. The molecule has 2 aromatic carbocycles. The van der Waals surface area contributed by atoms with Crippen LogP contribution in [0.5, 0.6) is 23.0 Å². The maximum Gasteiger partial charge on any atom is 0.344 e. The Balaban J connectivity index is 1.84. The van der Waals surface area contributed by atoms with Crippen LogP contribution in [0.2, 0.25) is 5.02 Å². The van der Waals surface area contributed by atoms with E-state index in [2.05, 4.69) is 9.73 Å². The Morgan fingerprint density at radius 1 is 0.917 bits per heavy atom. The average molecular weight is 703 g/mol. The van der Waals surface area contributed by atoms with E-state index in [4.69, 9.17) is 40.0 Å². The van der Waals surface area contributed by atoms with Crippen molar-refractivity contribution in [1.82, 2.24) is 4.57 Å². The molecule has 0 unspecified atom stereocenters. The van der Waals surface area contributed by atoms with Gasteiger partial charge in [0.1, 0.15) is 0 Å². The van der Waals surface area contributed by atoms with Gasteiger partial charge in [-0.15, -0.1) is 0 Å². The van der Waals surface area contributed by atoms with Crippen molar-refractivity contribution < 1.29 is 47.5 Å². The van der Waals surface area contributed by atoms with E-state index in [1.165, 1.54) is 18.8 Å². The summed E-state index contributed by atoms with van der Waals surface area (Å²) in [7, 11) is 2.67. The number of hydrogen-bond donors (Lipinski definition) is 0. The molecule has 4 rings (SSSR count). The minimum atomic E-state index is -0.937. The Kier molecular flexibility index (Phi) is 12.3. The molecule has 0 aliphatic carbocycles. The molecule has 15 heteroatoms. The molecule has 0 fully saturated rings. The third-order valence-electron chi connectivity index (χ3n) is 6.86. The van der Waals surface area contributed by atoms with Crippen molar-refractivity contribution in [1.29, 1.82) is 0 Å².